The molecule has 3 aliphatic rings. The number of amides is 2. The van der Waals surface area contributed by atoms with E-state index >= 15 is 0 Å². The van der Waals surface area contributed by atoms with Crippen molar-refractivity contribution in [1.82, 2.24) is 5.01 Å². The predicted octanol–water partition coefficient (Wildman–Crippen LogP) is 2.37. The standard InChI is InChI=1S/C20H19IN2O5/c1-10(20(26)27-2)28-15-6-3-11(7-14(15)21)9-22-23-18(24)16-12-4-5-13(8-12)17(16)19(23)25/h3-7,9-10,12-13,16-17H,8H2,1-2H3/t10-,12+,13+,16-,17+/m1/s1. The summed E-state index contributed by atoms with van der Waals surface area (Å²) < 4.78 is 11.0. The molecule has 1 saturated carbocycles. The topological polar surface area (TPSA) is 85.3 Å². The summed E-state index contributed by atoms with van der Waals surface area (Å²) in [6, 6.07) is 5.28. The molecule has 5 atom stereocenters. The highest BCUT2D eigenvalue weighted by Crippen LogP contribution is 2.52. The van der Waals surface area contributed by atoms with Crippen LogP contribution in [-0.2, 0) is 19.1 Å². The molecule has 2 aliphatic carbocycles. The first kappa shape index (κ1) is 19.1. The van der Waals surface area contributed by atoms with Crippen molar-refractivity contribution in [1.29, 1.82) is 0 Å². The molecule has 0 spiro atoms. The van der Waals surface area contributed by atoms with Crippen LogP contribution in [0.3, 0.4) is 0 Å². The second-order valence-electron chi connectivity index (χ2n) is 7.21. The van der Waals surface area contributed by atoms with Gasteiger partial charge in [-0.1, -0.05) is 12.2 Å². The minimum absolute atomic E-state index is 0.167. The van der Waals surface area contributed by atoms with Crippen LogP contribution < -0.4 is 4.74 Å². The van der Waals surface area contributed by atoms with Crippen molar-refractivity contribution in [3.05, 3.63) is 39.5 Å². The number of nitrogens with zero attached hydrogens (tertiary/aromatic N) is 2. The summed E-state index contributed by atoms with van der Waals surface area (Å²) in [5.41, 5.74) is 0.723. The molecule has 0 aromatic heterocycles. The zero-order valence-corrected chi connectivity index (χ0v) is 17.5. The van der Waals surface area contributed by atoms with Gasteiger partial charge in [-0.05, 0) is 71.5 Å². The number of benzene rings is 1. The monoisotopic (exact) mass is 494 g/mol. The Morgan fingerprint density at radius 3 is 2.46 bits per heavy atom. The van der Waals surface area contributed by atoms with Crippen LogP contribution in [0.15, 0.2) is 35.5 Å². The lowest BCUT2D eigenvalue weighted by Gasteiger charge is -2.14. The number of hydrazone groups is 1. The van der Waals surface area contributed by atoms with Gasteiger partial charge in [0.2, 0.25) is 0 Å². The summed E-state index contributed by atoms with van der Waals surface area (Å²) in [5.74, 6) is -0.496. The molecule has 0 N–H and O–H groups in total. The molecule has 1 heterocycles. The lowest BCUT2D eigenvalue weighted by Crippen LogP contribution is -2.28. The number of carbonyl (C=O) groups is 3. The molecule has 1 aromatic carbocycles. The van der Waals surface area contributed by atoms with Gasteiger partial charge in [0.15, 0.2) is 6.10 Å². The number of rotatable bonds is 5. The van der Waals surface area contributed by atoms with Gasteiger partial charge in [0.25, 0.3) is 11.8 Å². The number of hydrogen-bond acceptors (Lipinski definition) is 6. The maximum atomic E-state index is 12.6. The van der Waals surface area contributed by atoms with Gasteiger partial charge < -0.3 is 9.47 Å². The van der Waals surface area contributed by atoms with E-state index < -0.39 is 12.1 Å². The fourth-order valence-corrected chi connectivity index (χ4v) is 4.89. The van der Waals surface area contributed by atoms with E-state index in [1.54, 1.807) is 25.1 Å². The zero-order chi connectivity index (χ0) is 20.0. The van der Waals surface area contributed by atoms with Crippen molar-refractivity contribution >= 4 is 46.6 Å². The van der Waals surface area contributed by atoms with Crippen LogP contribution in [0.5, 0.6) is 5.75 Å². The molecular weight excluding hydrogens is 475 g/mol. The average Bonchev–Trinajstić information content (AvgIpc) is 3.36. The Hall–Kier alpha value is -2.23. The molecule has 0 unspecified atom stereocenters. The van der Waals surface area contributed by atoms with E-state index in [-0.39, 0.29) is 35.5 Å². The number of ether oxygens (including phenoxy) is 2. The fraction of sp³-hybridized carbons (Fsp3) is 0.400. The lowest BCUT2D eigenvalue weighted by atomic mass is 9.85. The highest BCUT2D eigenvalue weighted by Gasteiger charge is 2.59. The molecule has 2 bridgehead atoms. The second-order valence-corrected chi connectivity index (χ2v) is 8.37. The average molecular weight is 494 g/mol. The van der Waals surface area contributed by atoms with Gasteiger partial charge in [-0.2, -0.15) is 10.1 Å². The molecule has 8 heteroatoms. The SMILES string of the molecule is COC(=O)[C@@H](C)Oc1ccc(C=NN2C(=O)[C@@H]3[C@H](C2=O)[C@H]2C=C[C@H]3C2)cc1I. The normalized spacial score (nSPS) is 28.9. The molecular formula is C20H19IN2O5. The van der Waals surface area contributed by atoms with Crippen LogP contribution >= 0.6 is 22.6 Å². The fourth-order valence-electron chi connectivity index (χ4n) is 4.22. The molecule has 2 amide bonds. The molecule has 146 valence electrons. The Kier molecular flexibility index (Phi) is 4.98. The van der Waals surface area contributed by atoms with E-state index in [0.29, 0.717) is 5.75 Å². The van der Waals surface area contributed by atoms with Crippen molar-refractivity contribution < 1.29 is 23.9 Å². The van der Waals surface area contributed by atoms with Crippen molar-refractivity contribution in [2.45, 2.75) is 19.4 Å². The predicted molar refractivity (Wildman–Crippen MR) is 108 cm³/mol. The van der Waals surface area contributed by atoms with Crippen LogP contribution in [0.1, 0.15) is 18.9 Å². The van der Waals surface area contributed by atoms with E-state index in [1.165, 1.54) is 13.3 Å². The number of esters is 1. The quantitative estimate of drug-likeness (QED) is 0.206. The van der Waals surface area contributed by atoms with Crippen molar-refractivity contribution in [2.75, 3.05) is 7.11 Å². The lowest BCUT2D eigenvalue weighted by molar-refractivity contribution is -0.148. The summed E-state index contributed by atoms with van der Waals surface area (Å²) in [6.07, 6.45) is 5.79. The second kappa shape index (κ2) is 7.31. The molecule has 4 rings (SSSR count). The summed E-state index contributed by atoms with van der Waals surface area (Å²) >= 11 is 2.09. The van der Waals surface area contributed by atoms with Gasteiger partial charge >= 0.3 is 5.97 Å². The number of halogens is 1. The first-order valence-electron chi connectivity index (χ1n) is 9.05. The number of carbonyl (C=O) groups excluding carboxylic acids is 3. The summed E-state index contributed by atoms with van der Waals surface area (Å²) in [6.45, 7) is 1.61. The van der Waals surface area contributed by atoms with Crippen LogP contribution in [0, 0.1) is 27.2 Å². The highest BCUT2D eigenvalue weighted by molar-refractivity contribution is 14.1. The van der Waals surface area contributed by atoms with E-state index in [1.807, 2.05) is 0 Å². The Morgan fingerprint density at radius 2 is 1.89 bits per heavy atom. The van der Waals surface area contributed by atoms with Crippen molar-refractivity contribution in [3.8, 4) is 5.75 Å². The van der Waals surface area contributed by atoms with Crippen LogP contribution in [0.2, 0.25) is 0 Å². The van der Waals surface area contributed by atoms with Crippen molar-refractivity contribution in [3.63, 3.8) is 0 Å². The third-order valence-electron chi connectivity index (χ3n) is 5.56. The molecule has 1 aliphatic heterocycles. The van der Waals surface area contributed by atoms with Crippen LogP contribution in [-0.4, -0.2) is 42.2 Å². The largest absolute Gasteiger partial charge is 0.478 e. The van der Waals surface area contributed by atoms with E-state index in [2.05, 4.69) is 44.6 Å². The molecule has 1 saturated heterocycles. The zero-order valence-electron chi connectivity index (χ0n) is 15.4. The number of allylic oxidation sites excluding steroid dienone is 2. The smallest absolute Gasteiger partial charge is 0.346 e. The minimum atomic E-state index is -0.721. The Balaban J connectivity index is 1.47. The van der Waals surface area contributed by atoms with Gasteiger partial charge in [-0.25, -0.2) is 4.79 Å². The van der Waals surface area contributed by atoms with E-state index in [4.69, 9.17) is 4.74 Å². The van der Waals surface area contributed by atoms with Gasteiger partial charge in [0, 0.05) is 0 Å². The van der Waals surface area contributed by atoms with Crippen LogP contribution in [0.4, 0.5) is 0 Å². The van der Waals surface area contributed by atoms with E-state index in [0.717, 1.165) is 20.6 Å². The van der Waals surface area contributed by atoms with Gasteiger partial charge in [-0.15, -0.1) is 0 Å². The summed E-state index contributed by atoms with van der Waals surface area (Å²) in [7, 11) is 1.31. The molecule has 2 fully saturated rings. The Labute approximate surface area is 175 Å². The Morgan fingerprint density at radius 1 is 1.25 bits per heavy atom. The van der Waals surface area contributed by atoms with Crippen molar-refractivity contribution in [2.24, 2.45) is 28.8 Å². The number of hydrogen-bond donors (Lipinski definition) is 0. The summed E-state index contributed by atoms with van der Waals surface area (Å²) in [4.78, 5) is 36.8. The molecule has 28 heavy (non-hydrogen) atoms. The van der Waals surface area contributed by atoms with Gasteiger partial charge in [-0.3, -0.25) is 9.59 Å². The Bertz CT molecular complexity index is 882. The summed E-state index contributed by atoms with van der Waals surface area (Å²) in [5, 5.41) is 5.20. The maximum Gasteiger partial charge on any atom is 0.346 e. The minimum Gasteiger partial charge on any atom is -0.478 e. The molecule has 0 radical (unpaired) electrons. The van der Waals surface area contributed by atoms with Gasteiger partial charge in [0.1, 0.15) is 5.75 Å². The number of methoxy groups -OCH3 is 1. The first-order valence-corrected chi connectivity index (χ1v) is 10.1. The first-order chi connectivity index (χ1) is 13.4. The third-order valence-corrected chi connectivity index (χ3v) is 6.41. The number of fused-ring (bicyclic) bond motifs is 5. The molecule has 7 nitrogen and oxygen atoms in total. The van der Waals surface area contributed by atoms with E-state index in [9.17, 15) is 14.4 Å². The molecule has 1 aromatic rings. The van der Waals surface area contributed by atoms with Crippen LogP contribution in [0.25, 0.3) is 0 Å². The number of imide groups is 1. The third kappa shape index (κ3) is 3.13. The highest BCUT2D eigenvalue weighted by atomic mass is 127. The van der Waals surface area contributed by atoms with Gasteiger partial charge in [0.05, 0.1) is 28.7 Å². The maximum absolute atomic E-state index is 12.6.